The minimum Gasteiger partial charge on any atom is -0.454 e. The van der Waals surface area contributed by atoms with E-state index in [1.54, 1.807) is 6.20 Å². The molecule has 0 unspecified atom stereocenters. The maximum Gasteiger partial charge on any atom is 0.413 e. The molecular formula is C19H16N2O4S. The Bertz CT molecular complexity index is 911. The number of carbonyl (C=O) groups excluding carboxylic acids is 1. The maximum absolute atomic E-state index is 11.9. The highest BCUT2D eigenvalue weighted by molar-refractivity contribution is 7.15. The van der Waals surface area contributed by atoms with Crippen LogP contribution in [0.3, 0.4) is 0 Å². The summed E-state index contributed by atoms with van der Waals surface area (Å²) in [5.41, 5.74) is 2.03. The van der Waals surface area contributed by atoms with E-state index in [1.807, 2.05) is 48.5 Å². The summed E-state index contributed by atoms with van der Waals surface area (Å²) < 4.78 is 15.9. The molecule has 0 spiro atoms. The van der Waals surface area contributed by atoms with Crippen molar-refractivity contribution in [2.24, 2.45) is 0 Å². The Labute approximate surface area is 154 Å². The van der Waals surface area contributed by atoms with Gasteiger partial charge in [-0.25, -0.2) is 9.78 Å². The number of benzene rings is 2. The number of nitrogens with zero attached hydrogens (tertiary/aromatic N) is 1. The molecule has 1 aromatic heterocycles. The molecule has 1 aliphatic rings. The molecule has 0 fully saturated rings. The molecule has 3 aromatic rings. The van der Waals surface area contributed by atoms with Crippen LogP contribution in [0.15, 0.2) is 54.7 Å². The smallest absolute Gasteiger partial charge is 0.413 e. The Morgan fingerprint density at radius 2 is 1.96 bits per heavy atom. The van der Waals surface area contributed by atoms with Gasteiger partial charge in [0, 0.05) is 17.5 Å². The van der Waals surface area contributed by atoms with Crippen molar-refractivity contribution in [1.82, 2.24) is 4.98 Å². The van der Waals surface area contributed by atoms with Crippen LogP contribution in [0.1, 0.15) is 16.0 Å². The van der Waals surface area contributed by atoms with Gasteiger partial charge in [-0.05, 0) is 23.3 Å². The number of amides is 1. The van der Waals surface area contributed by atoms with Gasteiger partial charge in [-0.2, -0.15) is 0 Å². The fourth-order valence-corrected chi connectivity index (χ4v) is 3.38. The van der Waals surface area contributed by atoms with Crippen molar-refractivity contribution < 1.29 is 19.0 Å². The van der Waals surface area contributed by atoms with Crippen molar-refractivity contribution in [1.29, 1.82) is 0 Å². The van der Waals surface area contributed by atoms with E-state index in [0.29, 0.717) is 11.6 Å². The quantitative estimate of drug-likeness (QED) is 0.730. The number of nitrogens with one attached hydrogen (secondary N) is 1. The summed E-state index contributed by atoms with van der Waals surface area (Å²) in [7, 11) is 0. The van der Waals surface area contributed by atoms with E-state index >= 15 is 0 Å². The molecular weight excluding hydrogens is 352 g/mol. The summed E-state index contributed by atoms with van der Waals surface area (Å²) in [6.07, 6.45) is 1.94. The molecule has 26 heavy (non-hydrogen) atoms. The molecule has 0 radical (unpaired) electrons. The highest BCUT2D eigenvalue weighted by Crippen LogP contribution is 2.33. The Kier molecular flexibility index (Phi) is 4.70. The zero-order chi connectivity index (χ0) is 17.8. The average Bonchev–Trinajstić information content (AvgIpc) is 3.30. The lowest BCUT2D eigenvalue weighted by atomic mass is 10.1. The van der Waals surface area contributed by atoms with Gasteiger partial charge in [0.2, 0.25) is 6.79 Å². The molecule has 2 heterocycles. The number of ether oxygens (including phenoxy) is 3. The molecule has 1 aliphatic heterocycles. The number of carbonyl (C=O) groups is 1. The van der Waals surface area contributed by atoms with E-state index in [4.69, 9.17) is 14.2 Å². The lowest BCUT2D eigenvalue weighted by molar-refractivity contribution is 0.155. The minimum absolute atomic E-state index is 0.224. The summed E-state index contributed by atoms with van der Waals surface area (Å²) in [5.74, 6) is 1.52. The van der Waals surface area contributed by atoms with Gasteiger partial charge in [0.15, 0.2) is 16.6 Å². The van der Waals surface area contributed by atoms with Crippen LogP contribution < -0.4 is 14.8 Å². The monoisotopic (exact) mass is 368 g/mol. The average molecular weight is 368 g/mol. The summed E-state index contributed by atoms with van der Waals surface area (Å²) in [6, 6.07) is 15.4. The molecule has 0 saturated heterocycles. The second kappa shape index (κ2) is 7.45. The highest BCUT2D eigenvalue weighted by Gasteiger charge is 2.14. The Morgan fingerprint density at radius 1 is 1.12 bits per heavy atom. The summed E-state index contributed by atoms with van der Waals surface area (Å²) >= 11 is 1.42. The highest BCUT2D eigenvalue weighted by atomic mass is 32.1. The Balaban J connectivity index is 1.32. The number of hydrogen-bond acceptors (Lipinski definition) is 6. The molecule has 2 aromatic carbocycles. The SMILES string of the molecule is O=C(Nc1ncc(Cc2ccc3c(c2)OCO3)s1)OCc1ccccc1. The third-order valence-electron chi connectivity index (χ3n) is 3.79. The molecule has 0 bridgehead atoms. The summed E-state index contributed by atoms with van der Waals surface area (Å²) in [5, 5.41) is 3.17. The van der Waals surface area contributed by atoms with Crippen molar-refractivity contribution in [3.63, 3.8) is 0 Å². The number of fused-ring (bicyclic) bond motifs is 1. The van der Waals surface area contributed by atoms with Crippen LogP contribution in [0.4, 0.5) is 9.93 Å². The van der Waals surface area contributed by atoms with Gasteiger partial charge < -0.3 is 14.2 Å². The van der Waals surface area contributed by atoms with Crippen LogP contribution in [-0.4, -0.2) is 17.9 Å². The fraction of sp³-hybridized carbons (Fsp3) is 0.158. The van der Waals surface area contributed by atoms with Crippen molar-refractivity contribution in [2.45, 2.75) is 13.0 Å². The number of thiazole rings is 1. The van der Waals surface area contributed by atoms with Crippen molar-refractivity contribution in [2.75, 3.05) is 12.1 Å². The van der Waals surface area contributed by atoms with Crippen molar-refractivity contribution >= 4 is 22.6 Å². The number of aromatic nitrogens is 1. The van der Waals surface area contributed by atoms with Gasteiger partial charge in [-0.3, -0.25) is 5.32 Å². The van der Waals surface area contributed by atoms with Crippen LogP contribution in [0.5, 0.6) is 11.5 Å². The second-order valence-corrected chi connectivity index (χ2v) is 6.80. The normalized spacial score (nSPS) is 12.0. The summed E-state index contributed by atoms with van der Waals surface area (Å²) in [6.45, 7) is 0.487. The molecule has 0 saturated carbocycles. The molecule has 6 nitrogen and oxygen atoms in total. The molecule has 4 rings (SSSR count). The van der Waals surface area contributed by atoms with Gasteiger partial charge in [0.1, 0.15) is 6.61 Å². The van der Waals surface area contributed by atoms with Crippen LogP contribution in [0, 0.1) is 0 Å². The maximum atomic E-state index is 11.9. The molecule has 7 heteroatoms. The minimum atomic E-state index is -0.516. The van der Waals surface area contributed by atoms with Crippen LogP contribution in [0.2, 0.25) is 0 Å². The lowest BCUT2D eigenvalue weighted by Gasteiger charge is -2.04. The van der Waals surface area contributed by atoms with E-state index in [-0.39, 0.29) is 13.4 Å². The van der Waals surface area contributed by atoms with Gasteiger partial charge in [-0.15, -0.1) is 11.3 Å². The van der Waals surface area contributed by atoms with E-state index in [0.717, 1.165) is 27.5 Å². The topological polar surface area (TPSA) is 69.7 Å². The number of hydrogen-bond donors (Lipinski definition) is 1. The predicted octanol–water partition coefficient (Wildman–Crippen LogP) is 4.21. The number of rotatable bonds is 5. The van der Waals surface area contributed by atoms with Gasteiger partial charge in [0.05, 0.1) is 0 Å². The Morgan fingerprint density at radius 3 is 2.85 bits per heavy atom. The molecule has 1 amide bonds. The largest absolute Gasteiger partial charge is 0.454 e. The molecule has 0 aliphatic carbocycles. The van der Waals surface area contributed by atoms with Crippen LogP contribution in [0.25, 0.3) is 0 Å². The fourth-order valence-electron chi connectivity index (χ4n) is 2.55. The van der Waals surface area contributed by atoms with E-state index in [1.165, 1.54) is 11.3 Å². The first kappa shape index (κ1) is 16.4. The zero-order valence-corrected chi connectivity index (χ0v) is 14.6. The standard InChI is InChI=1S/C19H16N2O4S/c22-19(23-11-13-4-2-1-3-5-13)21-18-20-10-15(26-18)8-14-6-7-16-17(9-14)25-12-24-16/h1-7,9-10H,8,11-12H2,(H,20,21,22). The first-order chi connectivity index (χ1) is 12.8. The van der Waals surface area contributed by atoms with Gasteiger partial charge in [0.25, 0.3) is 0 Å². The van der Waals surface area contributed by atoms with E-state index < -0.39 is 6.09 Å². The van der Waals surface area contributed by atoms with E-state index in [2.05, 4.69) is 10.3 Å². The third kappa shape index (κ3) is 3.94. The van der Waals surface area contributed by atoms with Gasteiger partial charge >= 0.3 is 6.09 Å². The number of anilines is 1. The zero-order valence-electron chi connectivity index (χ0n) is 13.8. The molecule has 0 atom stereocenters. The summed E-state index contributed by atoms with van der Waals surface area (Å²) in [4.78, 5) is 17.1. The van der Waals surface area contributed by atoms with Crippen LogP contribution in [-0.2, 0) is 17.8 Å². The van der Waals surface area contributed by atoms with E-state index in [9.17, 15) is 4.79 Å². The first-order valence-electron chi connectivity index (χ1n) is 8.07. The second-order valence-electron chi connectivity index (χ2n) is 5.68. The first-order valence-corrected chi connectivity index (χ1v) is 8.89. The molecule has 1 N–H and O–H groups in total. The predicted molar refractivity (Wildman–Crippen MR) is 97.7 cm³/mol. The van der Waals surface area contributed by atoms with Crippen molar-refractivity contribution in [3.05, 3.63) is 70.7 Å². The van der Waals surface area contributed by atoms with Gasteiger partial charge in [-0.1, -0.05) is 36.4 Å². The Hall–Kier alpha value is -3.06. The lowest BCUT2D eigenvalue weighted by Crippen LogP contribution is -2.13. The van der Waals surface area contributed by atoms with Crippen molar-refractivity contribution in [3.8, 4) is 11.5 Å². The molecule has 132 valence electrons. The third-order valence-corrected chi connectivity index (χ3v) is 4.70. The van der Waals surface area contributed by atoms with Crippen LogP contribution >= 0.6 is 11.3 Å².